The fourth-order valence-corrected chi connectivity index (χ4v) is 6.25. The lowest BCUT2D eigenvalue weighted by molar-refractivity contribution is -0.140. The van der Waals surface area contributed by atoms with Gasteiger partial charge in [0.15, 0.2) is 0 Å². The van der Waals surface area contributed by atoms with Crippen molar-refractivity contribution in [2.45, 2.75) is 57.8 Å². The van der Waals surface area contributed by atoms with Crippen molar-refractivity contribution in [1.29, 1.82) is 0 Å². The van der Waals surface area contributed by atoms with Gasteiger partial charge in [-0.25, -0.2) is 8.42 Å². The van der Waals surface area contributed by atoms with Crippen molar-refractivity contribution >= 4 is 50.7 Å². The molecule has 2 amide bonds. The van der Waals surface area contributed by atoms with E-state index in [1.165, 1.54) is 29.2 Å². The largest absolute Gasteiger partial charge is 0.416 e. The number of nitrogens with one attached hydrogen (secondary N) is 1. The number of hydrogen-bond donors (Lipinski definition) is 1. The molecule has 1 atom stereocenters. The zero-order valence-electron chi connectivity index (χ0n) is 24.7. The molecule has 13 heteroatoms. The predicted molar refractivity (Wildman–Crippen MR) is 166 cm³/mol. The average Bonchev–Trinajstić information content (AvgIpc) is 2.95. The zero-order valence-corrected chi connectivity index (χ0v) is 27.0. The van der Waals surface area contributed by atoms with Crippen LogP contribution in [-0.4, -0.2) is 44.3 Å². The number of carbonyl (C=O) groups is 2. The van der Waals surface area contributed by atoms with Gasteiger partial charge in [-0.05, 0) is 67.3 Å². The summed E-state index contributed by atoms with van der Waals surface area (Å²) in [5.41, 5.74) is -0.257. The number of aryl methyl sites for hydroxylation is 1. The summed E-state index contributed by atoms with van der Waals surface area (Å²) in [5, 5.41) is 3.37. The number of rotatable bonds is 12. The number of benzene rings is 3. The Morgan fingerprint density at radius 2 is 1.64 bits per heavy atom. The molecule has 0 saturated carbocycles. The van der Waals surface area contributed by atoms with Crippen LogP contribution in [0, 0.1) is 12.8 Å². The first kappa shape index (κ1) is 35.2. The summed E-state index contributed by atoms with van der Waals surface area (Å²) >= 11 is 12.4. The molecular weight excluding hydrogens is 638 g/mol. The van der Waals surface area contributed by atoms with Crippen molar-refractivity contribution < 1.29 is 31.2 Å². The van der Waals surface area contributed by atoms with E-state index in [0.717, 1.165) is 17.7 Å². The third-order valence-electron chi connectivity index (χ3n) is 6.78. The number of amides is 2. The van der Waals surface area contributed by atoms with Crippen LogP contribution in [0.2, 0.25) is 10.0 Å². The molecule has 0 saturated heterocycles. The van der Waals surface area contributed by atoms with Crippen LogP contribution in [-0.2, 0) is 32.3 Å². The number of nitrogens with zero attached hydrogens (tertiary/aromatic N) is 2. The monoisotopic (exact) mass is 671 g/mol. The van der Waals surface area contributed by atoms with Gasteiger partial charge < -0.3 is 10.2 Å². The second-order valence-electron chi connectivity index (χ2n) is 10.7. The fourth-order valence-electron chi connectivity index (χ4n) is 4.38. The SMILES string of the molecule is CCC(C(=O)NCC(C)C)N(Cc1ccc(Cl)cc1Cl)C(=O)CN(c1cccc(C(F)(F)F)c1)S(=O)(=O)c1ccc(C)cc1. The molecule has 1 N–H and O–H groups in total. The molecule has 0 aliphatic heterocycles. The highest BCUT2D eigenvalue weighted by Gasteiger charge is 2.36. The van der Waals surface area contributed by atoms with Crippen molar-refractivity contribution in [3.63, 3.8) is 0 Å². The fraction of sp³-hybridized carbons (Fsp3) is 0.355. The lowest BCUT2D eigenvalue weighted by Crippen LogP contribution is -2.52. The highest BCUT2D eigenvalue weighted by Crippen LogP contribution is 2.34. The molecule has 0 aromatic heterocycles. The highest BCUT2D eigenvalue weighted by molar-refractivity contribution is 7.92. The topological polar surface area (TPSA) is 86.8 Å². The first-order valence-electron chi connectivity index (χ1n) is 13.8. The maximum absolute atomic E-state index is 14.1. The summed E-state index contributed by atoms with van der Waals surface area (Å²) in [6.07, 6.45) is -4.60. The van der Waals surface area contributed by atoms with Crippen LogP contribution in [0.3, 0.4) is 0 Å². The minimum atomic E-state index is -4.77. The maximum atomic E-state index is 14.1. The summed E-state index contributed by atoms with van der Waals surface area (Å²) in [7, 11) is -4.55. The molecule has 0 spiro atoms. The summed E-state index contributed by atoms with van der Waals surface area (Å²) in [6.45, 7) is 6.49. The molecule has 0 bridgehead atoms. The van der Waals surface area contributed by atoms with E-state index in [9.17, 15) is 31.2 Å². The number of sulfonamides is 1. The van der Waals surface area contributed by atoms with Crippen molar-refractivity contribution in [2.75, 3.05) is 17.4 Å². The number of hydrogen-bond acceptors (Lipinski definition) is 4. The van der Waals surface area contributed by atoms with Gasteiger partial charge in [0.1, 0.15) is 12.6 Å². The molecule has 1 unspecified atom stereocenters. The predicted octanol–water partition coefficient (Wildman–Crippen LogP) is 7.10. The summed E-state index contributed by atoms with van der Waals surface area (Å²) in [6, 6.07) is 13.0. The highest BCUT2D eigenvalue weighted by atomic mass is 35.5. The van der Waals surface area contributed by atoms with E-state index in [2.05, 4.69) is 5.32 Å². The molecule has 0 aliphatic carbocycles. The minimum absolute atomic E-state index is 0.113. The molecule has 3 aromatic carbocycles. The van der Waals surface area contributed by atoms with Crippen LogP contribution in [0.5, 0.6) is 0 Å². The quantitative estimate of drug-likeness (QED) is 0.223. The Balaban J connectivity index is 2.13. The van der Waals surface area contributed by atoms with E-state index in [-0.39, 0.29) is 34.5 Å². The van der Waals surface area contributed by atoms with Crippen LogP contribution in [0.4, 0.5) is 18.9 Å². The van der Waals surface area contributed by atoms with Crippen LogP contribution < -0.4 is 9.62 Å². The normalized spacial score (nSPS) is 12.6. The molecule has 0 radical (unpaired) electrons. The second kappa shape index (κ2) is 14.7. The molecule has 3 rings (SSSR count). The molecule has 0 fully saturated rings. The summed E-state index contributed by atoms with van der Waals surface area (Å²) < 4.78 is 69.4. The lowest BCUT2D eigenvalue weighted by Gasteiger charge is -2.33. The van der Waals surface area contributed by atoms with E-state index in [1.807, 2.05) is 13.8 Å². The van der Waals surface area contributed by atoms with Crippen molar-refractivity contribution in [3.8, 4) is 0 Å². The van der Waals surface area contributed by atoms with Gasteiger partial charge in [0.05, 0.1) is 16.1 Å². The van der Waals surface area contributed by atoms with Crippen LogP contribution in [0.25, 0.3) is 0 Å². The molecule has 3 aromatic rings. The van der Waals surface area contributed by atoms with Crippen molar-refractivity contribution in [3.05, 3.63) is 93.5 Å². The molecular formula is C31H34Cl2F3N3O4S. The zero-order chi connectivity index (χ0) is 32.8. The van der Waals surface area contributed by atoms with E-state index >= 15 is 0 Å². The lowest BCUT2D eigenvalue weighted by atomic mass is 10.1. The maximum Gasteiger partial charge on any atom is 0.416 e. The number of anilines is 1. The number of halogens is 5. The van der Waals surface area contributed by atoms with Crippen LogP contribution >= 0.6 is 23.2 Å². The smallest absolute Gasteiger partial charge is 0.354 e. The summed E-state index contributed by atoms with van der Waals surface area (Å²) in [5.74, 6) is -1.18. The van der Waals surface area contributed by atoms with E-state index < -0.39 is 46.2 Å². The van der Waals surface area contributed by atoms with E-state index in [1.54, 1.807) is 38.1 Å². The first-order valence-corrected chi connectivity index (χ1v) is 16.0. The number of carbonyl (C=O) groups excluding carboxylic acids is 2. The Bertz CT molecular complexity index is 1580. The second-order valence-corrected chi connectivity index (χ2v) is 13.4. The van der Waals surface area contributed by atoms with Gasteiger partial charge in [-0.2, -0.15) is 13.2 Å². The summed E-state index contributed by atoms with van der Waals surface area (Å²) in [4.78, 5) is 28.4. The molecule has 0 heterocycles. The van der Waals surface area contributed by atoms with Gasteiger partial charge in [-0.15, -0.1) is 0 Å². The third kappa shape index (κ3) is 8.89. The first-order chi connectivity index (χ1) is 20.5. The Hall–Kier alpha value is -3.28. The van der Waals surface area contributed by atoms with E-state index in [4.69, 9.17) is 23.2 Å². The molecule has 44 heavy (non-hydrogen) atoms. The third-order valence-corrected chi connectivity index (χ3v) is 9.15. The standard InChI is InChI=1S/C31H34Cl2F3N3O4S/c1-5-28(30(41)37-17-20(2)3)38(18-22-11-12-24(32)16-27(22)33)29(40)19-39(25-8-6-7-23(15-25)31(34,35)36)44(42,43)26-13-9-21(4)10-14-26/h6-16,20,28H,5,17-19H2,1-4H3,(H,37,41). The Morgan fingerprint density at radius 1 is 0.977 bits per heavy atom. The average molecular weight is 673 g/mol. The van der Waals surface area contributed by atoms with Gasteiger partial charge in [0.25, 0.3) is 10.0 Å². The number of alkyl halides is 3. The van der Waals surface area contributed by atoms with Crippen molar-refractivity contribution in [1.82, 2.24) is 10.2 Å². The van der Waals surface area contributed by atoms with Gasteiger partial charge >= 0.3 is 6.18 Å². The Kier molecular flexibility index (Phi) is 11.7. The van der Waals surface area contributed by atoms with Crippen LogP contribution in [0.1, 0.15) is 43.9 Å². The van der Waals surface area contributed by atoms with Gasteiger partial charge in [0, 0.05) is 23.1 Å². The Morgan fingerprint density at radius 3 is 2.20 bits per heavy atom. The van der Waals surface area contributed by atoms with Crippen LogP contribution in [0.15, 0.2) is 71.6 Å². The Labute approximate surface area is 266 Å². The van der Waals surface area contributed by atoms with Crippen molar-refractivity contribution in [2.24, 2.45) is 5.92 Å². The van der Waals surface area contributed by atoms with Gasteiger partial charge in [-0.1, -0.05) is 73.8 Å². The molecule has 238 valence electrons. The molecule has 7 nitrogen and oxygen atoms in total. The van der Waals surface area contributed by atoms with Gasteiger partial charge in [-0.3, -0.25) is 13.9 Å². The minimum Gasteiger partial charge on any atom is -0.354 e. The molecule has 0 aliphatic rings. The van der Waals surface area contributed by atoms with E-state index in [0.29, 0.717) is 27.5 Å². The van der Waals surface area contributed by atoms with Gasteiger partial charge in [0.2, 0.25) is 11.8 Å².